The van der Waals surface area contributed by atoms with Crippen LogP contribution in [0.1, 0.15) is 27.1 Å². The van der Waals surface area contributed by atoms with Gasteiger partial charge in [0.25, 0.3) is 11.8 Å². The molecule has 5 nitrogen and oxygen atoms in total. The second-order valence-corrected chi connectivity index (χ2v) is 7.21. The van der Waals surface area contributed by atoms with Gasteiger partial charge in [-0.2, -0.15) is 0 Å². The lowest BCUT2D eigenvalue weighted by atomic mass is 10.2. The molecule has 0 atom stereocenters. The Morgan fingerprint density at radius 3 is 2.11 bits per heavy atom. The molecule has 148 valence electrons. The summed E-state index contributed by atoms with van der Waals surface area (Å²) in [6.45, 7) is 1.57. The molecule has 0 spiro atoms. The van der Waals surface area contributed by atoms with Crippen molar-refractivity contribution >= 4 is 35.0 Å². The Morgan fingerprint density at radius 1 is 0.964 bits per heavy atom. The molecular weight excluding hydrogens is 406 g/mol. The second-order valence-electron chi connectivity index (χ2n) is 6.39. The van der Waals surface area contributed by atoms with E-state index in [1.165, 1.54) is 31.4 Å². The third-order valence-corrected chi connectivity index (χ3v) is 5.19. The topological polar surface area (TPSA) is 49.9 Å². The fourth-order valence-corrected chi connectivity index (χ4v) is 3.83. The maximum atomic E-state index is 13.9. The fraction of sp³-hybridized carbons (Fsp3) is 0.300. The molecule has 1 saturated heterocycles. The van der Waals surface area contributed by atoms with E-state index in [1.54, 1.807) is 21.9 Å². The van der Waals surface area contributed by atoms with Crippen LogP contribution in [0.5, 0.6) is 5.75 Å². The van der Waals surface area contributed by atoms with Crippen LogP contribution >= 0.6 is 23.2 Å². The summed E-state index contributed by atoms with van der Waals surface area (Å²) in [5.41, 5.74) is 0.390. The van der Waals surface area contributed by atoms with E-state index in [0.29, 0.717) is 43.9 Å². The Balaban J connectivity index is 1.72. The minimum atomic E-state index is -0.549. The lowest BCUT2D eigenvalue weighted by Gasteiger charge is -2.23. The van der Waals surface area contributed by atoms with Crippen LogP contribution in [0.3, 0.4) is 0 Å². The average Bonchev–Trinajstić information content (AvgIpc) is 2.93. The zero-order chi connectivity index (χ0) is 20.3. The molecule has 1 aliphatic rings. The smallest absolute Gasteiger partial charge is 0.256 e. The van der Waals surface area contributed by atoms with Crippen molar-refractivity contribution in [3.8, 4) is 5.75 Å². The Kier molecular flexibility index (Phi) is 6.42. The van der Waals surface area contributed by atoms with Crippen molar-refractivity contribution < 1.29 is 18.7 Å². The van der Waals surface area contributed by atoms with Gasteiger partial charge in [0.2, 0.25) is 0 Å². The number of methoxy groups -OCH3 is 1. The first-order valence-corrected chi connectivity index (χ1v) is 9.54. The normalized spacial score (nSPS) is 14.6. The van der Waals surface area contributed by atoms with E-state index in [9.17, 15) is 14.0 Å². The van der Waals surface area contributed by atoms with Crippen molar-refractivity contribution in [2.45, 2.75) is 6.42 Å². The number of halogens is 3. The van der Waals surface area contributed by atoms with Gasteiger partial charge < -0.3 is 14.5 Å². The molecular formula is C20H19Cl2FN2O3. The van der Waals surface area contributed by atoms with Crippen LogP contribution in [0, 0.1) is 5.82 Å². The summed E-state index contributed by atoms with van der Waals surface area (Å²) in [6.07, 6.45) is 0.587. The highest BCUT2D eigenvalue weighted by molar-refractivity contribution is 6.37. The summed E-state index contributed by atoms with van der Waals surface area (Å²) < 4.78 is 19.0. The van der Waals surface area contributed by atoms with E-state index in [2.05, 4.69) is 0 Å². The van der Waals surface area contributed by atoms with Gasteiger partial charge in [0, 0.05) is 31.7 Å². The predicted molar refractivity (Wildman–Crippen MR) is 106 cm³/mol. The summed E-state index contributed by atoms with van der Waals surface area (Å²) in [5, 5.41) is 0.508. The van der Waals surface area contributed by atoms with Crippen molar-refractivity contribution in [3.63, 3.8) is 0 Å². The monoisotopic (exact) mass is 424 g/mol. The first-order chi connectivity index (χ1) is 13.4. The van der Waals surface area contributed by atoms with Gasteiger partial charge in [-0.05, 0) is 30.7 Å². The lowest BCUT2D eigenvalue weighted by molar-refractivity contribution is 0.0716. The van der Waals surface area contributed by atoms with Crippen LogP contribution in [0.25, 0.3) is 0 Å². The standard InChI is InChI=1S/C20H19Cl2FN2O3/c1-28-18-15(21)11-13(12-16(18)22)19(26)24-7-4-8-25(10-9-24)20(27)14-5-2-3-6-17(14)23/h2-3,5-6,11-12H,4,7-10H2,1H3. The van der Waals surface area contributed by atoms with Crippen LogP contribution in [0.15, 0.2) is 36.4 Å². The maximum Gasteiger partial charge on any atom is 0.256 e. The highest BCUT2D eigenvalue weighted by Gasteiger charge is 2.25. The molecule has 0 N–H and O–H groups in total. The average molecular weight is 425 g/mol. The number of carbonyl (C=O) groups is 2. The minimum absolute atomic E-state index is 0.0380. The van der Waals surface area contributed by atoms with Gasteiger partial charge in [-0.25, -0.2) is 4.39 Å². The van der Waals surface area contributed by atoms with Gasteiger partial charge in [-0.1, -0.05) is 35.3 Å². The largest absolute Gasteiger partial charge is 0.494 e. The van der Waals surface area contributed by atoms with E-state index in [4.69, 9.17) is 27.9 Å². The number of hydrogen-bond acceptors (Lipinski definition) is 3. The molecule has 28 heavy (non-hydrogen) atoms. The molecule has 1 fully saturated rings. The Bertz CT molecular complexity index is 884. The quantitative estimate of drug-likeness (QED) is 0.743. The zero-order valence-electron chi connectivity index (χ0n) is 15.3. The summed E-state index contributed by atoms with van der Waals surface area (Å²) in [4.78, 5) is 28.7. The first-order valence-electron chi connectivity index (χ1n) is 8.78. The molecule has 0 saturated carbocycles. The third kappa shape index (κ3) is 4.23. The van der Waals surface area contributed by atoms with Crippen LogP contribution in [0.4, 0.5) is 4.39 Å². The zero-order valence-corrected chi connectivity index (χ0v) is 16.8. The highest BCUT2D eigenvalue weighted by atomic mass is 35.5. The molecule has 0 aromatic heterocycles. The van der Waals surface area contributed by atoms with Crippen molar-refractivity contribution in [2.75, 3.05) is 33.3 Å². The summed E-state index contributed by atoms with van der Waals surface area (Å²) in [6, 6.07) is 8.93. The van der Waals surface area contributed by atoms with Crippen LogP contribution in [-0.4, -0.2) is 54.9 Å². The molecule has 0 radical (unpaired) electrons. The maximum absolute atomic E-state index is 13.9. The molecule has 1 heterocycles. The van der Waals surface area contributed by atoms with Gasteiger partial charge in [0.15, 0.2) is 5.75 Å². The SMILES string of the molecule is COc1c(Cl)cc(C(=O)N2CCCN(C(=O)c3ccccc3F)CC2)cc1Cl. The predicted octanol–water partition coefficient (Wildman–Crippen LogP) is 4.13. The van der Waals surface area contributed by atoms with Crippen molar-refractivity contribution in [1.29, 1.82) is 0 Å². The van der Waals surface area contributed by atoms with E-state index >= 15 is 0 Å². The van der Waals surface area contributed by atoms with Gasteiger partial charge >= 0.3 is 0 Å². The van der Waals surface area contributed by atoms with Gasteiger partial charge in [-0.3, -0.25) is 9.59 Å². The van der Waals surface area contributed by atoms with Gasteiger partial charge in [0.1, 0.15) is 5.82 Å². The number of rotatable bonds is 3. The molecule has 0 bridgehead atoms. The van der Waals surface area contributed by atoms with E-state index in [-0.39, 0.29) is 27.4 Å². The van der Waals surface area contributed by atoms with E-state index < -0.39 is 5.82 Å². The summed E-state index contributed by atoms with van der Waals surface area (Å²) in [5.74, 6) is -0.834. The first kappa shape index (κ1) is 20.4. The van der Waals surface area contributed by atoms with Crippen LogP contribution in [0.2, 0.25) is 10.0 Å². The molecule has 8 heteroatoms. The molecule has 3 rings (SSSR count). The number of carbonyl (C=O) groups excluding carboxylic acids is 2. The van der Waals surface area contributed by atoms with Gasteiger partial charge in [0.05, 0.1) is 22.7 Å². The Hall–Kier alpha value is -2.31. The lowest BCUT2D eigenvalue weighted by Crippen LogP contribution is -2.37. The van der Waals surface area contributed by atoms with Crippen molar-refractivity contribution in [2.24, 2.45) is 0 Å². The number of ether oxygens (including phenoxy) is 1. The number of nitrogens with zero attached hydrogens (tertiary/aromatic N) is 2. The molecule has 2 aromatic rings. The number of hydrogen-bond donors (Lipinski definition) is 0. The van der Waals surface area contributed by atoms with E-state index in [1.807, 2.05) is 0 Å². The minimum Gasteiger partial charge on any atom is -0.494 e. The van der Waals surface area contributed by atoms with Gasteiger partial charge in [-0.15, -0.1) is 0 Å². The summed E-state index contributed by atoms with van der Waals surface area (Å²) >= 11 is 12.3. The summed E-state index contributed by atoms with van der Waals surface area (Å²) in [7, 11) is 1.45. The van der Waals surface area contributed by atoms with Crippen LogP contribution < -0.4 is 4.74 Å². The molecule has 0 aliphatic carbocycles. The van der Waals surface area contributed by atoms with E-state index in [0.717, 1.165) is 0 Å². The molecule has 1 aliphatic heterocycles. The number of amides is 2. The second kappa shape index (κ2) is 8.80. The Morgan fingerprint density at radius 2 is 1.54 bits per heavy atom. The van der Waals surface area contributed by atoms with Crippen molar-refractivity contribution in [1.82, 2.24) is 9.80 Å². The Labute approximate surface area is 172 Å². The highest BCUT2D eigenvalue weighted by Crippen LogP contribution is 2.34. The molecule has 0 unspecified atom stereocenters. The number of benzene rings is 2. The van der Waals surface area contributed by atoms with Crippen molar-refractivity contribution in [3.05, 3.63) is 63.4 Å². The van der Waals surface area contributed by atoms with Crippen LogP contribution in [-0.2, 0) is 0 Å². The molecule has 2 amide bonds. The fourth-order valence-electron chi connectivity index (χ4n) is 3.19. The third-order valence-electron chi connectivity index (χ3n) is 4.62. The molecule has 2 aromatic carbocycles.